The van der Waals surface area contributed by atoms with E-state index in [9.17, 15) is 4.39 Å². The van der Waals surface area contributed by atoms with E-state index >= 15 is 0 Å². The van der Waals surface area contributed by atoms with Crippen LogP contribution in [-0.2, 0) is 6.54 Å². The molecular weight excluding hydrogens is 261 g/mol. The van der Waals surface area contributed by atoms with E-state index in [4.69, 9.17) is 11.5 Å². The molecule has 2 aromatic carbocycles. The molecule has 5 N–H and O–H groups in total. The van der Waals surface area contributed by atoms with Gasteiger partial charge in [-0.15, -0.1) is 0 Å². The van der Waals surface area contributed by atoms with E-state index in [1.165, 1.54) is 11.6 Å². The highest BCUT2D eigenvalue weighted by Gasteiger charge is 2.03. The molecule has 0 radical (unpaired) electrons. The number of benzene rings is 2. The van der Waals surface area contributed by atoms with Crippen LogP contribution < -0.4 is 16.2 Å². The lowest BCUT2D eigenvalue weighted by molar-refractivity contribution is 0.588. The van der Waals surface area contributed by atoms with Gasteiger partial charge in [0.25, 0.3) is 0 Å². The Balaban J connectivity index is 0.000000191. The maximum atomic E-state index is 12.7. The van der Waals surface area contributed by atoms with E-state index in [2.05, 4.69) is 29.7 Å². The summed E-state index contributed by atoms with van der Waals surface area (Å²) in [5.74, 6) is -0.350. The monoisotopic (exact) mass is 279 g/mol. The molecule has 0 aromatic heterocycles. The van der Waals surface area contributed by atoms with Crippen molar-refractivity contribution in [1.29, 1.82) is 0 Å². The van der Waals surface area contributed by atoms with Crippen LogP contribution in [0.5, 0.6) is 0 Å². The summed E-state index contributed by atoms with van der Waals surface area (Å²) in [4.78, 5) is 0. The van der Waals surface area contributed by atoms with Crippen LogP contribution in [0.4, 0.5) is 4.39 Å². The summed E-state index contributed by atoms with van der Waals surface area (Å²) in [6.45, 7) is 0.823. The molecule has 0 amide bonds. The van der Waals surface area contributed by atoms with Crippen molar-refractivity contribution in [2.24, 2.45) is 11.5 Å². The van der Waals surface area contributed by atoms with Crippen LogP contribution in [-0.4, -0.2) is 0 Å². The van der Waals surface area contributed by atoms with E-state index in [-0.39, 0.29) is 5.82 Å². The minimum absolute atomic E-state index is 0.350. The molecule has 0 saturated heterocycles. The van der Waals surface area contributed by atoms with Crippen molar-refractivity contribution in [3.8, 4) is 0 Å². The molecule has 0 saturated carbocycles. The quantitative estimate of drug-likeness (QED) is 0.515. The number of rotatable bonds is 3. The normalized spacial score (nSPS) is 9.95. The molecule has 0 atom stereocenters. The van der Waals surface area contributed by atoms with Crippen LogP contribution in [0, 0.1) is 5.82 Å². The Morgan fingerprint density at radius 2 is 1.58 bits per heavy atom. The lowest BCUT2D eigenvalue weighted by Crippen LogP contribution is -2.21. The first-order valence-corrected chi connectivity index (χ1v) is 6.26. The predicted octanol–water partition coefficient (Wildman–Crippen LogP) is 2.36. The zero-order valence-electron chi connectivity index (χ0n) is 10.5. The van der Waals surface area contributed by atoms with Gasteiger partial charge < -0.3 is 11.5 Å². The Kier molecular flexibility index (Phi) is 7.14. The van der Waals surface area contributed by atoms with E-state index in [1.54, 1.807) is 18.2 Å². The Morgan fingerprint density at radius 1 is 1.00 bits per heavy atom. The molecule has 19 heavy (non-hydrogen) atoms. The Hall–Kier alpha value is -1.40. The highest BCUT2D eigenvalue weighted by Crippen LogP contribution is 2.09. The molecule has 0 heterocycles. The van der Waals surface area contributed by atoms with Crippen LogP contribution in [0.25, 0.3) is 0 Å². The minimum atomic E-state index is -0.721. The molecule has 0 bridgehead atoms. The Labute approximate surface area is 118 Å². The van der Waals surface area contributed by atoms with Crippen molar-refractivity contribution in [2.45, 2.75) is 12.7 Å². The van der Waals surface area contributed by atoms with Gasteiger partial charge in [-0.1, -0.05) is 61.3 Å². The fraction of sp³-hybridized carbons (Fsp3) is 0.143. The Morgan fingerprint density at radius 3 is 2.05 bits per heavy atom. The molecule has 102 valence electrons. The van der Waals surface area contributed by atoms with Gasteiger partial charge in [-0.05, 0) is 11.6 Å². The van der Waals surface area contributed by atoms with E-state index in [1.807, 2.05) is 18.2 Å². The van der Waals surface area contributed by atoms with Crippen LogP contribution >= 0.6 is 12.8 Å². The SMILES string of the molecule is NC(N)c1ccccc1F.SNCc1ccccc1. The molecule has 2 aromatic rings. The summed E-state index contributed by atoms with van der Waals surface area (Å²) in [5, 5.41) is 0. The highest BCUT2D eigenvalue weighted by atomic mass is 32.1. The topological polar surface area (TPSA) is 64.1 Å². The first-order valence-electron chi connectivity index (χ1n) is 5.81. The second-order valence-electron chi connectivity index (χ2n) is 3.87. The van der Waals surface area contributed by atoms with E-state index in [0.717, 1.165) is 6.54 Å². The van der Waals surface area contributed by atoms with Gasteiger partial charge in [0.1, 0.15) is 5.82 Å². The summed E-state index contributed by atoms with van der Waals surface area (Å²) < 4.78 is 15.5. The maximum Gasteiger partial charge on any atom is 0.129 e. The van der Waals surface area contributed by atoms with E-state index in [0.29, 0.717) is 5.56 Å². The van der Waals surface area contributed by atoms with Crippen molar-refractivity contribution in [2.75, 3.05) is 0 Å². The van der Waals surface area contributed by atoms with Crippen molar-refractivity contribution in [1.82, 2.24) is 4.72 Å². The molecule has 0 spiro atoms. The molecular formula is C14H18FN3S. The van der Waals surface area contributed by atoms with E-state index < -0.39 is 6.17 Å². The molecule has 3 nitrogen and oxygen atoms in total. The minimum Gasteiger partial charge on any atom is -0.312 e. The number of hydrogen-bond acceptors (Lipinski definition) is 4. The second kappa shape index (κ2) is 8.66. The summed E-state index contributed by atoms with van der Waals surface area (Å²) in [7, 11) is 0. The average molecular weight is 279 g/mol. The first kappa shape index (κ1) is 15.7. The number of thiol groups is 1. The molecule has 2 rings (SSSR count). The predicted molar refractivity (Wildman–Crippen MR) is 79.8 cm³/mol. The fourth-order valence-electron chi connectivity index (χ4n) is 1.43. The average Bonchev–Trinajstić information content (AvgIpc) is 2.41. The standard InChI is InChI=1S/C7H9FN2.C7H9NS/c8-6-4-2-1-3-5(6)7(9)10;9-8-6-7-4-2-1-3-5-7/h1-4,7H,9-10H2;1-5,8-9H,6H2. The third-order valence-corrected chi connectivity index (χ3v) is 2.55. The maximum absolute atomic E-state index is 12.7. The van der Waals surface area contributed by atoms with Crippen LogP contribution in [0.3, 0.4) is 0 Å². The zero-order chi connectivity index (χ0) is 14.1. The largest absolute Gasteiger partial charge is 0.312 e. The zero-order valence-corrected chi connectivity index (χ0v) is 11.4. The number of nitrogens with two attached hydrogens (primary N) is 2. The molecule has 0 aliphatic heterocycles. The van der Waals surface area contributed by atoms with Crippen molar-refractivity contribution >= 4 is 12.8 Å². The molecule has 5 heteroatoms. The van der Waals surface area contributed by atoms with Crippen LogP contribution in [0.1, 0.15) is 17.3 Å². The van der Waals surface area contributed by atoms with Gasteiger partial charge in [0.2, 0.25) is 0 Å². The lowest BCUT2D eigenvalue weighted by atomic mass is 10.2. The van der Waals surface area contributed by atoms with Gasteiger partial charge >= 0.3 is 0 Å². The molecule has 0 unspecified atom stereocenters. The van der Waals surface area contributed by atoms with Gasteiger partial charge in [-0.25, -0.2) is 4.39 Å². The Bertz CT molecular complexity index is 477. The number of hydrogen-bond donors (Lipinski definition) is 4. The molecule has 0 fully saturated rings. The van der Waals surface area contributed by atoms with Gasteiger partial charge in [-0.2, -0.15) is 0 Å². The summed E-state index contributed by atoms with van der Waals surface area (Å²) >= 11 is 3.88. The number of halogens is 1. The van der Waals surface area contributed by atoms with Gasteiger partial charge in [0.15, 0.2) is 0 Å². The van der Waals surface area contributed by atoms with Crippen molar-refractivity contribution in [3.05, 3.63) is 71.5 Å². The van der Waals surface area contributed by atoms with Gasteiger partial charge in [-0.3, -0.25) is 4.72 Å². The van der Waals surface area contributed by atoms with Crippen molar-refractivity contribution < 1.29 is 4.39 Å². The van der Waals surface area contributed by atoms with Crippen LogP contribution in [0.15, 0.2) is 54.6 Å². The van der Waals surface area contributed by atoms with Gasteiger partial charge in [0.05, 0.1) is 6.17 Å². The van der Waals surface area contributed by atoms with Crippen molar-refractivity contribution in [3.63, 3.8) is 0 Å². The molecule has 0 aliphatic rings. The second-order valence-corrected chi connectivity index (χ2v) is 4.18. The third-order valence-electron chi connectivity index (χ3n) is 2.39. The van der Waals surface area contributed by atoms with Gasteiger partial charge in [0, 0.05) is 12.1 Å². The van der Waals surface area contributed by atoms with Crippen LogP contribution in [0.2, 0.25) is 0 Å². The third kappa shape index (κ3) is 5.85. The summed E-state index contributed by atoms with van der Waals surface area (Å²) in [5.41, 5.74) is 12.1. The number of nitrogens with one attached hydrogen (secondary N) is 1. The molecule has 0 aliphatic carbocycles. The smallest absolute Gasteiger partial charge is 0.129 e. The summed E-state index contributed by atoms with van der Waals surface area (Å²) in [6, 6.07) is 16.4. The highest BCUT2D eigenvalue weighted by molar-refractivity contribution is 7.78. The summed E-state index contributed by atoms with van der Waals surface area (Å²) in [6.07, 6.45) is -0.721. The lowest BCUT2D eigenvalue weighted by Gasteiger charge is -2.04. The first-order chi connectivity index (χ1) is 9.15. The fourth-order valence-corrected chi connectivity index (χ4v) is 1.62.